The molecule has 0 fully saturated rings. The largest absolute Gasteiger partial charge is 0.332 e. The fourth-order valence-corrected chi connectivity index (χ4v) is 2.52. The van der Waals surface area contributed by atoms with Crippen LogP contribution in [-0.4, -0.2) is 30.3 Å². The van der Waals surface area contributed by atoms with Crippen molar-refractivity contribution in [3.63, 3.8) is 0 Å². The fourth-order valence-electron chi connectivity index (χ4n) is 2.52. The second-order valence-electron chi connectivity index (χ2n) is 5.70. The Labute approximate surface area is 132 Å². The highest BCUT2D eigenvalue weighted by atomic mass is 16.2. The van der Waals surface area contributed by atoms with Crippen LogP contribution < -0.4 is 11.2 Å². The number of rotatable bonds is 7. The number of fused-ring (bicyclic) bond motifs is 1. The van der Waals surface area contributed by atoms with Crippen LogP contribution in [0.4, 0.5) is 0 Å². The summed E-state index contributed by atoms with van der Waals surface area (Å²) in [5.41, 5.74) is -0.391. The third-order valence-corrected chi connectivity index (χ3v) is 3.66. The molecule has 0 radical (unpaired) electrons. The second-order valence-corrected chi connectivity index (χ2v) is 5.70. The molecule has 0 saturated heterocycles. The van der Waals surface area contributed by atoms with Crippen molar-refractivity contribution in [3.05, 3.63) is 27.2 Å². The normalized spacial score (nSPS) is 11.1. The summed E-state index contributed by atoms with van der Waals surface area (Å²) in [5, 5.41) is 0. The SMILES string of the molecule is CC(=O)CCCCn1c(=O)c2c(ncn2CC(C)=O)n(C)c1=O. The molecule has 0 spiro atoms. The number of unbranched alkanes of at least 4 members (excludes halogenated alkanes) is 1. The van der Waals surface area contributed by atoms with E-state index in [-0.39, 0.29) is 35.8 Å². The molecule has 23 heavy (non-hydrogen) atoms. The molecule has 2 aromatic heterocycles. The van der Waals surface area contributed by atoms with Crippen molar-refractivity contribution in [3.8, 4) is 0 Å². The van der Waals surface area contributed by atoms with Crippen molar-refractivity contribution in [2.24, 2.45) is 7.05 Å². The number of aromatic nitrogens is 4. The maximum Gasteiger partial charge on any atom is 0.332 e. The van der Waals surface area contributed by atoms with Crippen LogP contribution in [0.25, 0.3) is 11.2 Å². The number of carbonyl (C=O) groups excluding carboxylic acids is 2. The van der Waals surface area contributed by atoms with Crippen LogP contribution >= 0.6 is 0 Å². The Kier molecular flexibility index (Phi) is 4.92. The standard InChI is InChI=1S/C15H20N4O4/c1-10(20)6-4-5-7-19-14(22)12-13(17(3)15(19)23)16-9-18(12)8-11(2)21/h9H,4-8H2,1-3H3. The molecular weight excluding hydrogens is 300 g/mol. The first-order valence-corrected chi connectivity index (χ1v) is 7.46. The Morgan fingerprint density at radius 3 is 2.43 bits per heavy atom. The summed E-state index contributed by atoms with van der Waals surface area (Å²) < 4.78 is 3.91. The van der Waals surface area contributed by atoms with Gasteiger partial charge < -0.3 is 9.36 Å². The number of imidazole rings is 1. The average molecular weight is 320 g/mol. The fraction of sp³-hybridized carbons (Fsp3) is 0.533. The summed E-state index contributed by atoms with van der Waals surface area (Å²) in [7, 11) is 1.54. The van der Waals surface area contributed by atoms with E-state index >= 15 is 0 Å². The van der Waals surface area contributed by atoms with Crippen LogP contribution in [0.2, 0.25) is 0 Å². The smallest absolute Gasteiger partial charge is 0.317 e. The van der Waals surface area contributed by atoms with E-state index in [0.29, 0.717) is 19.3 Å². The summed E-state index contributed by atoms with van der Waals surface area (Å²) >= 11 is 0. The van der Waals surface area contributed by atoms with Crippen LogP contribution in [0, 0.1) is 0 Å². The molecule has 2 rings (SSSR count). The quantitative estimate of drug-likeness (QED) is 0.681. The molecule has 0 atom stereocenters. The van der Waals surface area contributed by atoms with Gasteiger partial charge in [-0.15, -0.1) is 0 Å². The van der Waals surface area contributed by atoms with E-state index < -0.39 is 11.2 Å². The van der Waals surface area contributed by atoms with Crippen molar-refractivity contribution < 1.29 is 9.59 Å². The third-order valence-electron chi connectivity index (χ3n) is 3.66. The van der Waals surface area contributed by atoms with E-state index in [9.17, 15) is 19.2 Å². The highest BCUT2D eigenvalue weighted by Crippen LogP contribution is 2.06. The lowest BCUT2D eigenvalue weighted by Crippen LogP contribution is -2.39. The topological polar surface area (TPSA) is 96.0 Å². The molecule has 8 nitrogen and oxygen atoms in total. The van der Waals surface area contributed by atoms with Crippen molar-refractivity contribution in [1.82, 2.24) is 18.7 Å². The molecule has 0 aliphatic rings. The molecular formula is C15H20N4O4. The van der Waals surface area contributed by atoms with Crippen LogP contribution in [0.5, 0.6) is 0 Å². The maximum atomic E-state index is 12.6. The van der Waals surface area contributed by atoms with Gasteiger partial charge in [0.2, 0.25) is 0 Å². The van der Waals surface area contributed by atoms with E-state index in [0.717, 1.165) is 4.57 Å². The molecule has 2 heterocycles. The Morgan fingerprint density at radius 1 is 1.13 bits per heavy atom. The third kappa shape index (κ3) is 3.46. The van der Waals surface area contributed by atoms with Gasteiger partial charge in [-0.2, -0.15) is 0 Å². The zero-order chi connectivity index (χ0) is 17.1. The van der Waals surface area contributed by atoms with Gasteiger partial charge in [0, 0.05) is 20.0 Å². The molecule has 0 aromatic carbocycles. The van der Waals surface area contributed by atoms with Gasteiger partial charge in [0.15, 0.2) is 11.2 Å². The van der Waals surface area contributed by atoms with Crippen molar-refractivity contribution in [1.29, 1.82) is 0 Å². The van der Waals surface area contributed by atoms with Gasteiger partial charge in [0.05, 0.1) is 12.9 Å². The van der Waals surface area contributed by atoms with Crippen molar-refractivity contribution >= 4 is 22.7 Å². The van der Waals surface area contributed by atoms with E-state index in [1.54, 1.807) is 7.05 Å². The van der Waals surface area contributed by atoms with Gasteiger partial charge in [-0.3, -0.25) is 18.7 Å². The minimum atomic E-state index is -0.454. The summed E-state index contributed by atoms with van der Waals surface area (Å²) in [6.45, 7) is 3.21. The predicted molar refractivity (Wildman–Crippen MR) is 84.4 cm³/mol. The lowest BCUT2D eigenvalue weighted by atomic mass is 10.2. The van der Waals surface area contributed by atoms with Crippen molar-refractivity contribution in [2.45, 2.75) is 46.2 Å². The van der Waals surface area contributed by atoms with Gasteiger partial charge in [0.1, 0.15) is 11.6 Å². The molecule has 2 aromatic rings. The Balaban J connectivity index is 2.44. The van der Waals surface area contributed by atoms with Crippen molar-refractivity contribution in [2.75, 3.05) is 0 Å². The second kappa shape index (κ2) is 6.72. The molecule has 0 saturated carbocycles. The molecule has 0 unspecified atom stereocenters. The number of hydrogen-bond acceptors (Lipinski definition) is 5. The molecule has 8 heteroatoms. The predicted octanol–water partition coefficient (Wildman–Crippen LogP) is 0.245. The number of ketones is 2. The number of Topliss-reactive ketones (excluding diaryl/α,β-unsaturated/α-hetero) is 2. The van der Waals surface area contributed by atoms with E-state index in [2.05, 4.69) is 4.98 Å². The molecule has 0 bridgehead atoms. The molecule has 0 amide bonds. The minimum Gasteiger partial charge on any atom is -0.317 e. The summed E-state index contributed by atoms with van der Waals surface area (Å²) in [6, 6.07) is 0. The zero-order valence-electron chi connectivity index (χ0n) is 13.5. The van der Waals surface area contributed by atoms with Crippen LogP contribution in [0.1, 0.15) is 33.1 Å². The average Bonchev–Trinajstić information content (AvgIpc) is 2.87. The summed E-state index contributed by atoms with van der Waals surface area (Å²) in [5.74, 6) is -0.0224. The van der Waals surface area contributed by atoms with Gasteiger partial charge in [-0.05, 0) is 26.7 Å². The van der Waals surface area contributed by atoms with E-state index in [1.807, 2.05) is 0 Å². The summed E-state index contributed by atoms with van der Waals surface area (Å²) in [6.07, 6.45) is 3.00. The van der Waals surface area contributed by atoms with Crippen LogP contribution in [0.15, 0.2) is 15.9 Å². The van der Waals surface area contributed by atoms with Crippen LogP contribution in [0.3, 0.4) is 0 Å². The lowest BCUT2D eigenvalue weighted by Gasteiger charge is -2.09. The first-order chi connectivity index (χ1) is 10.8. The number of carbonyl (C=O) groups is 2. The monoisotopic (exact) mass is 320 g/mol. The minimum absolute atomic E-state index is 0.0360. The van der Waals surface area contributed by atoms with Gasteiger partial charge in [-0.1, -0.05) is 0 Å². The van der Waals surface area contributed by atoms with Gasteiger partial charge in [0.25, 0.3) is 5.56 Å². The zero-order valence-corrected chi connectivity index (χ0v) is 13.5. The van der Waals surface area contributed by atoms with Gasteiger partial charge >= 0.3 is 5.69 Å². The molecule has 124 valence electrons. The number of aryl methyl sites for hydroxylation is 1. The Hall–Kier alpha value is -2.51. The number of hydrogen-bond donors (Lipinski definition) is 0. The highest BCUT2D eigenvalue weighted by Gasteiger charge is 2.16. The van der Waals surface area contributed by atoms with E-state index in [1.165, 1.54) is 29.3 Å². The number of nitrogens with zero attached hydrogens (tertiary/aromatic N) is 4. The summed E-state index contributed by atoms with van der Waals surface area (Å²) in [4.78, 5) is 51.3. The first kappa shape index (κ1) is 16.9. The van der Waals surface area contributed by atoms with Crippen LogP contribution in [-0.2, 0) is 29.7 Å². The molecule has 0 aliphatic carbocycles. The molecule has 0 aliphatic heterocycles. The first-order valence-electron chi connectivity index (χ1n) is 7.46. The lowest BCUT2D eigenvalue weighted by molar-refractivity contribution is -0.118. The Morgan fingerprint density at radius 2 is 1.83 bits per heavy atom. The van der Waals surface area contributed by atoms with Gasteiger partial charge in [-0.25, -0.2) is 9.78 Å². The highest BCUT2D eigenvalue weighted by molar-refractivity contribution is 5.78. The van der Waals surface area contributed by atoms with E-state index in [4.69, 9.17) is 0 Å². The maximum absolute atomic E-state index is 12.6. The molecule has 0 N–H and O–H groups in total. The Bertz CT molecular complexity index is 872.